The van der Waals surface area contributed by atoms with E-state index in [4.69, 9.17) is 17.0 Å². The molecule has 1 aromatic carbocycles. The van der Waals surface area contributed by atoms with Crippen LogP contribution in [0.1, 0.15) is 27.7 Å². The van der Waals surface area contributed by atoms with E-state index in [1.807, 2.05) is 44.2 Å². The molecule has 0 saturated carbocycles. The fraction of sp³-hybridized carbons (Fsp3) is 0.250. The predicted molar refractivity (Wildman–Crippen MR) is 99.2 cm³/mol. The minimum absolute atomic E-state index is 0.337. The second kappa shape index (κ2) is 7.94. The molecule has 0 fully saturated rings. The third kappa shape index (κ3) is 4.43. The van der Waals surface area contributed by atoms with Gasteiger partial charge in [-0.2, -0.15) is 0 Å². The van der Waals surface area contributed by atoms with E-state index < -0.39 is 0 Å². The van der Waals surface area contributed by atoms with E-state index >= 15 is 0 Å². The van der Waals surface area contributed by atoms with E-state index in [1.54, 1.807) is 6.92 Å². The fourth-order valence-electron chi connectivity index (χ4n) is 1.95. The SMILES string of the molecule is CCOC(=O)c1c(NC(=S)NNc2ccccc2)sc(C)c1C. The van der Waals surface area contributed by atoms with Crippen LogP contribution in [-0.4, -0.2) is 17.7 Å². The maximum Gasteiger partial charge on any atom is 0.341 e. The van der Waals surface area contributed by atoms with Crippen LogP contribution in [0.15, 0.2) is 30.3 Å². The van der Waals surface area contributed by atoms with Gasteiger partial charge in [-0.15, -0.1) is 11.3 Å². The number of hydrogen-bond acceptors (Lipinski definition) is 5. The molecule has 0 aliphatic rings. The van der Waals surface area contributed by atoms with Gasteiger partial charge in [0.25, 0.3) is 0 Å². The summed E-state index contributed by atoms with van der Waals surface area (Å²) in [5, 5.41) is 4.12. The second-order valence-electron chi connectivity index (χ2n) is 4.78. The Morgan fingerprint density at radius 1 is 1.26 bits per heavy atom. The van der Waals surface area contributed by atoms with Crippen molar-refractivity contribution in [1.29, 1.82) is 0 Å². The molecule has 0 aliphatic carbocycles. The van der Waals surface area contributed by atoms with Crippen LogP contribution in [-0.2, 0) is 4.74 Å². The Balaban J connectivity index is 2.06. The number of thiophene rings is 1. The van der Waals surface area contributed by atoms with Gasteiger partial charge >= 0.3 is 5.97 Å². The van der Waals surface area contributed by atoms with Gasteiger partial charge in [-0.25, -0.2) is 4.79 Å². The number of carbonyl (C=O) groups excluding carboxylic acids is 1. The highest BCUT2D eigenvalue weighted by Crippen LogP contribution is 2.32. The fourth-order valence-corrected chi connectivity index (χ4v) is 3.22. The Morgan fingerprint density at radius 2 is 1.96 bits per heavy atom. The number of anilines is 2. The first kappa shape index (κ1) is 17.2. The Hall–Kier alpha value is -2.12. The van der Waals surface area contributed by atoms with E-state index in [2.05, 4.69) is 16.2 Å². The molecule has 0 saturated heterocycles. The summed E-state index contributed by atoms with van der Waals surface area (Å²) in [4.78, 5) is 13.2. The molecule has 0 amide bonds. The van der Waals surface area contributed by atoms with E-state index in [1.165, 1.54) is 11.3 Å². The first-order valence-electron chi connectivity index (χ1n) is 7.18. The largest absolute Gasteiger partial charge is 0.462 e. The summed E-state index contributed by atoms with van der Waals surface area (Å²) >= 11 is 6.75. The number of nitrogens with one attached hydrogen (secondary N) is 3. The third-order valence-electron chi connectivity index (χ3n) is 3.19. The highest BCUT2D eigenvalue weighted by atomic mass is 32.1. The van der Waals surface area contributed by atoms with Gasteiger partial charge in [0.05, 0.1) is 17.9 Å². The van der Waals surface area contributed by atoms with Gasteiger partial charge in [0.15, 0.2) is 5.11 Å². The van der Waals surface area contributed by atoms with E-state index in [0.717, 1.165) is 16.1 Å². The summed E-state index contributed by atoms with van der Waals surface area (Å²) in [6.45, 7) is 5.99. The molecule has 23 heavy (non-hydrogen) atoms. The van der Waals surface area contributed by atoms with E-state index in [-0.39, 0.29) is 5.97 Å². The van der Waals surface area contributed by atoms with Crippen molar-refractivity contribution < 1.29 is 9.53 Å². The summed E-state index contributed by atoms with van der Waals surface area (Å²) in [6, 6.07) is 9.61. The van der Waals surface area contributed by atoms with Crippen molar-refractivity contribution in [2.75, 3.05) is 17.3 Å². The topological polar surface area (TPSA) is 62.4 Å². The average Bonchev–Trinajstić information content (AvgIpc) is 2.81. The Kier molecular flexibility index (Phi) is 5.95. The lowest BCUT2D eigenvalue weighted by molar-refractivity contribution is 0.0527. The number of para-hydroxylation sites is 1. The minimum Gasteiger partial charge on any atom is -0.462 e. The van der Waals surface area contributed by atoms with Crippen LogP contribution in [0.5, 0.6) is 0 Å². The third-order valence-corrected chi connectivity index (χ3v) is 4.51. The summed E-state index contributed by atoms with van der Waals surface area (Å²) in [5.74, 6) is -0.337. The molecule has 1 heterocycles. The zero-order valence-electron chi connectivity index (χ0n) is 13.2. The van der Waals surface area contributed by atoms with Crippen LogP contribution >= 0.6 is 23.6 Å². The Morgan fingerprint density at radius 3 is 2.61 bits per heavy atom. The Bertz CT molecular complexity index is 699. The van der Waals surface area contributed by atoms with Crippen LogP contribution in [0.2, 0.25) is 0 Å². The quantitative estimate of drug-likeness (QED) is 0.433. The predicted octanol–water partition coefficient (Wildman–Crippen LogP) is 3.86. The molecule has 0 spiro atoms. The molecular formula is C16H19N3O2S2. The number of aryl methyl sites for hydroxylation is 1. The molecule has 7 heteroatoms. The second-order valence-corrected chi connectivity index (χ2v) is 6.41. The van der Waals surface area contributed by atoms with Crippen molar-refractivity contribution in [2.45, 2.75) is 20.8 Å². The smallest absolute Gasteiger partial charge is 0.341 e. The summed E-state index contributed by atoms with van der Waals surface area (Å²) in [5.41, 5.74) is 8.24. The Labute approximate surface area is 145 Å². The standard InChI is InChI=1S/C16H19N3O2S2/c1-4-21-15(20)13-10(2)11(3)23-14(13)17-16(22)19-18-12-8-6-5-7-9-12/h5-9,18H,4H2,1-3H3,(H2,17,19,22). The minimum atomic E-state index is -0.337. The molecule has 122 valence electrons. The maximum atomic E-state index is 12.1. The molecular weight excluding hydrogens is 330 g/mol. The van der Waals surface area contributed by atoms with Crippen LogP contribution in [0.25, 0.3) is 0 Å². The number of thiocarbonyl (C=S) groups is 1. The van der Waals surface area contributed by atoms with Crippen LogP contribution in [0.4, 0.5) is 10.7 Å². The van der Waals surface area contributed by atoms with Crippen molar-refractivity contribution >= 4 is 45.3 Å². The molecule has 2 rings (SSSR count). The highest BCUT2D eigenvalue weighted by Gasteiger charge is 2.21. The molecule has 0 aliphatic heterocycles. The van der Waals surface area contributed by atoms with Gasteiger partial charge in [0.1, 0.15) is 5.00 Å². The highest BCUT2D eigenvalue weighted by molar-refractivity contribution is 7.80. The van der Waals surface area contributed by atoms with Crippen LogP contribution in [0, 0.1) is 13.8 Å². The number of esters is 1. The van der Waals surface area contributed by atoms with Gasteiger partial charge < -0.3 is 10.1 Å². The lowest BCUT2D eigenvalue weighted by Gasteiger charge is -2.12. The molecule has 2 aromatic rings. The normalized spacial score (nSPS) is 10.0. The van der Waals surface area contributed by atoms with Gasteiger partial charge in [-0.3, -0.25) is 10.9 Å². The molecule has 0 atom stereocenters. The van der Waals surface area contributed by atoms with Gasteiger partial charge in [-0.05, 0) is 50.7 Å². The molecule has 1 aromatic heterocycles. The number of benzene rings is 1. The summed E-state index contributed by atoms with van der Waals surface area (Å²) < 4.78 is 5.12. The summed E-state index contributed by atoms with van der Waals surface area (Å²) in [6.07, 6.45) is 0. The van der Waals surface area contributed by atoms with Gasteiger partial charge in [0.2, 0.25) is 0 Å². The number of ether oxygens (including phenoxy) is 1. The van der Waals surface area contributed by atoms with E-state index in [0.29, 0.717) is 22.3 Å². The number of hydrazine groups is 1. The first-order chi connectivity index (χ1) is 11.0. The van der Waals surface area contributed by atoms with Crippen molar-refractivity contribution in [3.63, 3.8) is 0 Å². The van der Waals surface area contributed by atoms with Gasteiger partial charge in [-0.1, -0.05) is 18.2 Å². The van der Waals surface area contributed by atoms with Crippen molar-refractivity contribution in [1.82, 2.24) is 5.43 Å². The van der Waals surface area contributed by atoms with E-state index in [9.17, 15) is 4.79 Å². The molecule has 0 bridgehead atoms. The lowest BCUT2D eigenvalue weighted by atomic mass is 10.1. The monoisotopic (exact) mass is 349 g/mol. The molecule has 0 unspecified atom stereocenters. The van der Waals surface area contributed by atoms with Gasteiger partial charge in [0, 0.05) is 4.88 Å². The number of carbonyl (C=O) groups is 1. The lowest BCUT2D eigenvalue weighted by Crippen LogP contribution is -2.33. The number of hydrogen-bond donors (Lipinski definition) is 3. The van der Waals surface area contributed by atoms with Crippen LogP contribution < -0.4 is 16.2 Å². The van der Waals surface area contributed by atoms with Crippen molar-refractivity contribution in [2.24, 2.45) is 0 Å². The molecule has 0 radical (unpaired) electrons. The maximum absolute atomic E-state index is 12.1. The summed E-state index contributed by atoms with van der Waals surface area (Å²) in [7, 11) is 0. The zero-order chi connectivity index (χ0) is 16.8. The zero-order valence-corrected chi connectivity index (χ0v) is 14.9. The average molecular weight is 349 g/mol. The number of rotatable bonds is 5. The van der Waals surface area contributed by atoms with Crippen molar-refractivity contribution in [3.05, 3.63) is 46.3 Å². The molecule has 3 N–H and O–H groups in total. The first-order valence-corrected chi connectivity index (χ1v) is 8.40. The van der Waals surface area contributed by atoms with Crippen molar-refractivity contribution in [3.8, 4) is 0 Å². The van der Waals surface area contributed by atoms with Crippen LogP contribution in [0.3, 0.4) is 0 Å². The molecule has 5 nitrogen and oxygen atoms in total.